The summed E-state index contributed by atoms with van der Waals surface area (Å²) in [6.07, 6.45) is 3.46. The summed E-state index contributed by atoms with van der Waals surface area (Å²) in [5.74, 6) is 0.631. The number of methoxy groups -OCH3 is 1. The van der Waals surface area contributed by atoms with Gasteiger partial charge in [-0.25, -0.2) is 0 Å². The standard InChI is InChI=1S/C29H36N2O3/c1-4-6-19-30-29(33)27(5-2)31(21-22-11-9-15-25(20-22)34-3)28(32)18-17-24-14-10-13-23-12-7-8-16-26(23)24/h7-16,20,27H,4-6,17-19,21H2,1-3H3,(H,30,33). The van der Waals surface area contributed by atoms with Gasteiger partial charge in [-0.1, -0.05) is 74.9 Å². The highest BCUT2D eigenvalue weighted by Crippen LogP contribution is 2.22. The van der Waals surface area contributed by atoms with Gasteiger partial charge in [0, 0.05) is 19.5 Å². The van der Waals surface area contributed by atoms with Crippen LogP contribution < -0.4 is 10.1 Å². The second-order valence-corrected chi connectivity index (χ2v) is 8.58. The van der Waals surface area contributed by atoms with Crippen LogP contribution >= 0.6 is 0 Å². The van der Waals surface area contributed by atoms with Crippen molar-refractivity contribution in [3.8, 4) is 5.75 Å². The molecule has 0 saturated carbocycles. The SMILES string of the molecule is CCCCNC(=O)C(CC)N(Cc1cccc(OC)c1)C(=O)CCc1cccc2ccccc12. The van der Waals surface area contributed by atoms with E-state index in [0.717, 1.165) is 29.7 Å². The van der Waals surface area contributed by atoms with Gasteiger partial charge in [-0.15, -0.1) is 0 Å². The van der Waals surface area contributed by atoms with Crippen LogP contribution in [0.15, 0.2) is 66.7 Å². The lowest BCUT2D eigenvalue weighted by Gasteiger charge is -2.31. The van der Waals surface area contributed by atoms with E-state index in [1.807, 2.05) is 49.4 Å². The first-order chi connectivity index (χ1) is 16.6. The molecule has 0 aliphatic heterocycles. The van der Waals surface area contributed by atoms with E-state index in [2.05, 4.69) is 36.5 Å². The number of aryl methyl sites for hydroxylation is 1. The summed E-state index contributed by atoms with van der Waals surface area (Å²) < 4.78 is 5.36. The molecule has 0 aromatic heterocycles. The van der Waals surface area contributed by atoms with Crippen LogP contribution in [0.4, 0.5) is 0 Å². The maximum absolute atomic E-state index is 13.6. The molecule has 0 bridgehead atoms. The van der Waals surface area contributed by atoms with Crippen LogP contribution in [0, 0.1) is 0 Å². The number of amides is 2. The first kappa shape index (κ1) is 25.3. The molecule has 34 heavy (non-hydrogen) atoms. The zero-order chi connectivity index (χ0) is 24.3. The zero-order valence-corrected chi connectivity index (χ0v) is 20.5. The lowest BCUT2D eigenvalue weighted by atomic mass is 10.00. The van der Waals surface area contributed by atoms with Gasteiger partial charge in [0.05, 0.1) is 7.11 Å². The highest BCUT2D eigenvalue weighted by molar-refractivity contribution is 5.89. The van der Waals surface area contributed by atoms with E-state index in [1.165, 1.54) is 10.8 Å². The Kier molecular flexibility index (Phi) is 9.51. The Hall–Kier alpha value is -3.34. The molecular formula is C29H36N2O3. The minimum Gasteiger partial charge on any atom is -0.497 e. The molecule has 0 saturated heterocycles. The Bertz CT molecular complexity index is 1090. The maximum atomic E-state index is 13.6. The monoisotopic (exact) mass is 460 g/mol. The molecule has 0 radical (unpaired) electrons. The first-order valence-corrected chi connectivity index (χ1v) is 12.2. The predicted molar refractivity (Wildman–Crippen MR) is 138 cm³/mol. The zero-order valence-electron chi connectivity index (χ0n) is 20.5. The fourth-order valence-corrected chi connectivity index (χ4v) is 4.29. The van der Waals surface area contributed by atoms with Gasteiger partial charge in [0.25, 0.3) is 0 Å². The van der Waals surface area contributed by atoms with Gasteiger partial charge in [0.2, 0.25) is 11.8 Å². The lowest BCUT2D eigenvalue weighted by Crippen LogP contribution is -2.49. The van der Waals surface area contributed by atoms with E-state index in [0.29, 0.717) is 32.4 Å². The molecule has 5 heteroatoms. The van der Waals surface area contributed by atoms with Gasteiger partial charge in [0.1, 0.15) is 11.8 Å². The number of rotatable bonds is 12. The highest BCUT2D eigenvalue weighted by atomic mass is 16.5. The van der Waals surface area contributed by atoms with Crippen LogP contribution in [0.1, 0.15) is 50.7 Å². The minimum absolute atomic E-state index is 0.0201. The van der Waals surface area contributed by atoms with Gasteiger partial charge < -0.3 is 15.0 Å². The molecule has 2 amide bonds. The summed E-state index contributed by atoms with van der Waals surface area (Å²) in [4.78, 5) is 28.3. The van der Waals surface area contributed by atoms with E-state index in [9.17, 15) is 9.59 Å². The number of carbonyl (C=O) groups excluding carboxylic acids is 2. The van der Waals surface area contributed by atoms with Crippen LogP contribution in [0.3, 0.4) is 0 Å². The minimum atomic E-state index is -0.511. The summed E-state index contributed by atoms with van der Waals surface area (Å²) in [7, 11) is 1.63. The molecule has 0 fully saturated rings. The molecular weight excluding hydrogens is 424 g/mol. The fraction of sp³-hybridized carbons (Fsp3) is 0.379. The van der Waals surface area contributed by atoms with Crippen LogP contribution in [-0.2, 0) is 22.6 Å². The average molecular weight is 461 g/mol. The molecule has 0 aliphatic rings. The summed E-state index contributed by atoms with van der Waals surface area (Å²) in [6, 6.07) is 21.6. The average Bonchev–Trinajstić information content (AvgIpc) is 2.87. The largest absolute Gasteiger partial charge is 0.497 e. The third-order valence-corrected chi connectivity index (χ3v) is 6.19. The van der Waals surface area contributed by atoms with E-state index in [-0.39, 0.29) is 11.8 Å². The van der Waals surface area contributed by atoms with Gasteiger partial charge in [0.15, 0.2) is 0 Å². The van der Waals surface area contributed by atoms with E-state index < -0.39 is 6.04 Å². The molecule has 1 N–H and O–H groups in total. The molecule has 0 spiro atoms. The number of nitrogens with one attached hydrogen (secondary N) is 1. The van der Waals surface area contributed by atoms with Crippen molar-refractivity contribution >= 4 is 22.6 Å². The number of carbonyl (C=O) groups is 2. The quantitative estimate of drug-likeness (QED) is 0.363. The molecule has 1 unspecified atom stereocenters. The highest BCUT2D eigenvalue weighted by Gasteiger charge is 2.28. The van der Waals surface area contributed by atoms with Crippen molar-refractivity contribution in [1.29, 1.82) is 0 Å². The third-order valence-electron chi connectivity index (χ3n) is 6.19. The first-order valence-electron chi connectivity index (χ1n) is 12.2. The van der Waals surface area contributed by atoms with Gasteiger partial charge in [-0.05, 0) is 53.3 Å². The van der Waals surface area contributed by atoms with Gasteiger partial charge >= 0.3 is 0 Å². The lowest BCUT2D eigenvalue weighted by molar-refractivity contribution is -0.141. The van der Waals surface area contributed by atoms with Crippen molar-refractivity contribution in [2.45, 2.75) is 58.5 Å². The Morgan fingerprint density at radius 1 is 1.00 bits per heavy atom. The summed E-state index contributed by atoms with van der Waals surface area (Å²) in [6.45, 7) is 5.05. The normalized spacial score (nSPS) is 11.7. The number of fused-ring (bicyclic) bond motifs is 1. The predicted octanol–water partition coefficient (Wildman–Crippen LogP) is 5.50. The molecule has 5 nitrogen and oxygen atoms in total. The Morgan fingerprint density at radius 2 is 1.76 bits per heavy atom. The molecule has 3 rings (SSSR count). The summed E-state index contributed by atoms with van der Waals surface area (Å²) in [5, 5.41) is 5.36. The molecule has 0 aliphatic carbocycles. The smallest absolute Gasteiger partial charge is 0.242 e. The number of nitrogens with zero attached hydrogens (tertiary/aromatic N) is 1. The second-order valence-electron chi connectivity index (χ2n) is 8.58. The number of hydrogen-bond acceptors (Lipinski definition) is 3. The second kappa shape index (κ2) is 12.8. The third kappa shape index (κ3) is 6.60. The molecule has 1 atom stereocenters. The van der Waals surface area contributed by atoms with Gasteiger partial charge in [-0.2, -0.15) is 0 Å². The van der Waals surface area contributed by atoms with Crippen molar-refractivity contribution in [3.63, 3.8) is 0 Å². The Morgan fingerprint density at radius 3 is 2.53 bits per heavy atom. The van der Waals surface area contributed by atoms with E-state index >= 15 is 0 Å². The van der Waals surface area contributed by atoms with E-state index in [1.54, 1.807) is 12.0 Å². The number of hydrogen-bond donors (Lipinski definition) is 1. The van der Waals surface area contributed by atoms with E-state index in [4.69, 9.17) is 4.74 Å². The number of unbranched alkanes of at least 4 members (excludes halogenated alkanes) is 1. The number of ether oxygens (including phenoxy) is 1. The molecule has 0 heterocycles. The maximum Gasteiger partial charge on any atom is 0.242 e. The van der Waals surface area contributed by atoms with Crippen molar-refractivity contribution in [3.05, 3.63) is 77.9 Å². The topological polar surface area (TPSA) is 58.6 Å². The molecule has 3 aromatic rings. The number of benzene rings is 3. The van der Waals surface area contributed by atoms with Crippen molar-refractivity contribution < 1.29 is 14.3 Å². The van der Waals surface area contributed by atoms with Gasteiger partial charge in [-0.3, -0.25) is 9.59 Å². The van der Waals surface area contributed by atoms with Crippen LogP contribution in [0.2, 0.25) is 0 Å². The summed E-state index contributed by atoms with van der Waals surface area (Å²) in [5.41, 5.74) is 2.09. The van der Waals surface area contributed by atoms with Crippen molar-refractivity contribution in [1.82, 2.24) is 10.2 Å². The van der Waals surface area contributed by atoms with Crippen molar-refractivity contribution in [2.24, 2.45) is 0 Å². The van der Waals surface area contributed by atoms with Crippen LogP contribution in [0.25, 0.3) is 10.8 Å². The molecule has 180 valence electrons. The molecule has 3 aromatic carbocycles. The fourth-order valence-electron chi connectivity index (χ4n) is 4.29. The Labute approximate surface area is 203 Å². The van der Waals surface area contributed by atoms with Crippen molar-refractivity contribution in [2.75, 3.05) is 13.7 Å². The van der Waals surface area contributed by atoms with Crippen LogP contribution in [-0.4, -0.2) is 36.4 Å². The van der Waals surface area contributed by atoms with Crippen LogP contribution in [0.5, 0.6) is 5.75 Å². The summed E-state index contributed by atoms with van der Waals surface area (Å²) >= 11 is 0. The Balaban J connectivity index is 1.81.